The summed E-state index contributed by atoms with van der Waals surface area (Å²) in [5.74, 6) is -0.253. The number of aromatic nitrogens is 1. The Morgan fingerprint density at radius 2 is 1.52 bits per heavy atom. The Morgan fingerprint density at radius 3 is 2.22 bits per heavy atom. The first kappa shape index (κ1) is 13.5. The van der Waals surface area contributed by atoms with Gasteiger partial charge in [0.2, 0.25) is 0 Å². The predicted octanol–water partition coefficient (Wildman–Crippen LogP) is 2.61. The van der Waals surface area contributed by atoms with E-state index in [9.17, 15) is 9.59 Å². The van der Waals surface area contributed by atoms with Gasteiger partial charge in [-0.25, -0.2) is 4.98 Å². The van der Waals surface area contributed by atoms with E-state index in [2.05, 4.69) is 4.98 Å². The molecule has 0 unspecified atom stereocenters. The van der Waals surface area contributed by atoms with Crippen LogP contribution in [-0.2, 0) is 6.54 Å². The number of amides is 2. The number of hydrogen-bond acceptors (Lipinski definition) is 4. The van der Waals surface area contributed by atoms with Crippen LogP contribution in [0.5, 0.6) is 0 Å². The van der Waals surface area contributed by atoms with Crippen molar-refractivity contribution in [2.75, 3.05) is 5.73 Å². The predicted molar refractivity (Wildman–Crippen MR) is 86.8 cm³/mol. The second-order valence-corrected chi connectivity index (χ2v) is 5.47. The van der Waals surface area contributed by atoms with Crippen molar-refractivity contribution in [3.8, 4) is 0 Å². The van der Waals surface area contributed by atoms with Crippen LogP contribution in [0.4, 0.5) is 5.82 Å². The van der Waals surface area contributed by atoms with Gasteiger partial charge in [0.15, 0.2) is 0 Å². The summed E-state index contributed by atoms with van der Waals surface area (Å²) in [5.41, 5.74) is 8.32. The van der Waals surface area contributed by atoms with Gasteiger partial charge in [0.05, 0.1) is 23.2 Å². The number of benzene rings is 2. The summed E-state index contributed by atoms with van der Waals surface area (Å²) in [6.45, 7) is 0.121. The lowest BCUT2D eigenvalue weighted by Crippen LogP contribution is -2.29. The van der Waals surface area contributed by atoms with Gasteiger partial charge in [-0.3, -0.25) is 14.5 Å². The minimum Gasteiger partial charge on any atom is -0.383 e. The fourth-order valence-corrected chi connectivity index (χ4v) is 2.85. The summed E-state index contributed by atoms with van der Waals surface area (Å²) in [4.78, 5) is 30.4. The quantitative estimate of drug-likeness (QED) is 0.738. The Bertz CT molecular complexity index is 930. The fourth-order valence-electron chi connectivity index (χ4n) is 2.85. The van der Waals surface area contributed by atoms with E-state index >= 15 is 0 Å². The lowest BCUT2D eigenvalue weighted by Gasteiger charge is -2.15. The Balaban J connectivity index is 1.73. The van der Waals surface area contributed by atoms with E-state index in [1.807, 2.05) is 30.3 Å². The standard InChI is InChI=1S/C18H13N3O2/c19-16-12(9-11-5-1-4-8-15(11)20-16)10-21-17(22)13-6-2-3-7-14(13)18(21)23/h1-9H,10H2,(H2,19,20). The molecule has 0 atom stereocenters. The highest BCUT2D eigenvalue weighted by molar-refractivity contribution is 6.21. The monoisotopic (exact) mass is 303 g/mol. The van der Waals surface area contributed by atoms with Crippen LogP contribution in [0.1, 0.15) is 26.3 Å². The third-order valence-corrected chi connectivity index (χ3v) is 4.04. The molecule has 112 valence electrons. The highest BCUT2D eigenvalue weighted by Crippen LogP contribution is 2.26. The minimum absolute atomic E-state index is 0.121. The van der Waals surface area contributed by atoms with Gasteiger partial charge in [-0.2, -0.15) is 0 Å². The van der Waals surface area contributed by atoms with Gasteiger partial charge in [0.1, 0.15) is 5.82 Å². The van der Waals surface area contributed by atoms with Crippen LogP contribution in [0.25, 0.3) is 10.9 Å². The maximum Gasteiger partial charge on any atom is 0.261 e. The zero-order chi connectivity index (χ0) is 16.0. The van der Waals surface area contributed by atoms with Crippen molar-refractivity contribution in [2.24, 2.45) is 0 Å². The zero-order valence-electron chi connectivity index (χ0n) is 12.2. The Kier molecular flexibility index (Phi) is 2.87. The third-order valence-electron chi connectivity index (χ3n) is 4.04. The van der Waals surface area contributed by atoms with Crippen molar-refractivity contribution in [3.63, 3.8) is 0 Å². The largest absolute Gasteiger partial charge is 0.383 e. The Hall–Kier alpha value is -3.21. The first-order valence-electron chi connectivity index (χ1n) is 7.24. The molecule has 0 spiro atoms. The Labute approximate surface area is 132 Å². The third kappa shape index (κ3) is 2.05. The molecule has 1 aliphatic heterocycles. The lowest BCUT2D eigenvalue weighted by atomic mass is 10.1. The molecule has 2 aromatic carbocycles. The van der Waals surface area contributed by atoms with Crippen molar-refractivity contribution < 1.29 is 9.59 Å². The molecule has 0 saturated heterocycles. The van der Waals surface area contributed by atoms with Gasteiger partial charge in [0.25, 0.3) is 11.8 Å². The van der Waals surface area contributed by atoms with Gasteiger partial charge in [-0.15, -0.1) is 0 Å². The van der Waals surface area contributed by atoms with Crippen LogP contribution < -0.4 is 5.73 Å². The fraction of sp³-hybridized carbons (Fsp3) is 0.0556. The molecule has 4 rings (SSSR count). The maximum atomic E-state index is 12.4. The summed E-state index contributed by atoms with van der Waals surface area (Å²) in [5, 5.41) is 0.924. The molecule has 0 radical (unpaired) electrons. The number of rotatable bonds is 2. The average Bonchev–Trinajstić information content (AvgIpc) is 2.81. The molecule has 1 aromatic heterocycles. The van der Waals surface area contributed by atoms with Gasteiger partial charge >= 0.3 is 0 Å². The number of pyridine rings is 1. The van der Waals surface area contributed by atoms with Crippen LogP contribution in [0.2, 0.25) is 0 Å². The summed E-state index contributed by atoms with van der Waals surface area (Å²) in [7, 11) is 0. The van der Waals surface area contributed by atoms with Crippen molar-refractivity contribution in [1.29, 1.82) is 0 Å². The van der Waals surface area contributed by atoms with Crippen LogP contribution in [0.15, 0.2) is 54.6 Å². The van der Waals surface area contributed by atoms with E-state index in [0.717, 1.165) is 10.9 Å². The maximum absolute atomic E-state index is 12.4. The van der Waals surface area contributed by atoms with Crippen LogP contribution >= 0.6 is 0 Å². The normalized spacial score (nSPS) is 13.7. The molecular weight excluding hydrogens is 290 g/mol. The van der Waals surface area contributed by atoms with E-state index in [1.165, 1.54) is 4.90 Å². The number of imide groups is 1. The summed E-state index contributed by atoms with van der Waals surface area (Å²) < 4.78 is 0. The molecule has 5 nitrogen and oxygen atoms in total. The Morgan fingerprint density at radius 1 is 0.913 bits per heavy atom. The first-order chi connectivity index (χ1) is 11.1. The molecule has 2 N–H and O–H groups in total. The number of nitrogens with two attached hydrogens (primary N) is 1. The number of para-hydroxylation sites is 1. The number of anilines is 1. The van der Waals surface area contributed by atoms with Crippen molar-refractivity contribution in [1.82, 2.24) is 9.88 Å². The molecular formula is C18H13N3O2. The van der Waals surface area contributed by atoms with Crippen LogP contribution in [0.3, 0.4) is 0 Å². The van der Waals surface area contributed by atoms with Crippen LogP contribution in [-0.4, -0.2) is 21.7 Å². The molecule has 1 aliphatic rings. The number of nitrogens with zero attached hydrogens (tertiary/aromatic N) is 2. The molecule has 0 saturated carbocycles. The van der Waals surface area contributed by atoms with Crippen molar-refractivity contribution >= 4 is 28.5 Å². The van der Waals surface area contributed by atoms with E-state index in [0.29, 0.717) is 22.5 Å². The number of nitrogen functional groups attached to an aromatic ring is 1. The van der Waals surface area contributed by atoms with Gasteiger partial charge < -0.3 is 5.73 Å². The zero-order valence-corrected chi connectivity index (χ0v) is 12.2. The average molecular weight is 303 g/mol. The molecule has 0 bridgehead atoms. The molecule has 0 fully saturated rings. The van der Waals surface area contributed by atoms with E-state index in [1.54, 1.807) is 24.3 Å². The van der Waals surface area contributed by atoms with Crippen molar-refractivity contribution in [2.45, 2.75) is 6.54 Å². The number of carbonyl (C=O) groups is 2. The van der Waals surface area contributed by atoms with Gasteiger partial charge in [-0.05, 0) is 24.3 Å². The molecule has 2 heterocycles. The molecule has 3 aromatic rings. The molecule has 23 heavy (non-hydrogen) atoms. The number of fused-ring (bicyclic) bond motifs is 2. The lowest BCUT2D eigenvalue weighted by molar-refractivity contribution is 0.0642. The number of carbonyl (C=O) groups excluding carboxylic acids is 2. The topological polar surface area (TPSA) is 76.3 Å². The summed E-state index contributed by atoms with van der Waals surface area (Å²) in [6, 6.07) is 16.3. The van der Waals surface area contributed by atoms with Gasteiger partial charge in [-0.1, -0.05) is 30.3 Å². The first-order valence-corrected chi connectivity index (χ1v) is 7.24. The SMILES string of the molecule is Nc1nc2ccccc2cc1CN1C(=O)c2ccccc2C1=O. The van der Waals surface area contributed by atoms with E-state index < -0.39 is 0 Å². The number of hydrogen-bond donors (Lipinski definition) is 1. The smallest absolute Gasteiger partial charge is 0.261 e. The molecule has 0 aliphatic carbocycles. The molecule has 2 amide bonds. The van der Waals surface area contributed by atoms with Crippen LogP contribution in [0, 0.1) is 0 Å². The van der Waals surface area contributed by atoms with E-state index in [4.69, 9.17) is 5.73 Å². The minimum atomic E-state index is -0.293. The highest BCUT2D eigenvalue weighted by atomic mass is 16.2. The highest BCUT2D eigenvalue weighted by Gasteiger charge is 2.35. The second-order valence-electron chi connectivity index (χ2n) is 5.47. The second kappa shape index (κ2) is 4.91. The van der Waals surface area contributed by atoms with E-state index in [-0.39, 0.29) is 18.4 Å². The summed E-state index contributed by atoms with van der Waals surface area (Å²) in [6.07, 6.45) is 0. The van der Waals surface area contributed by atoms with Gasteiger partial charge in [0, 0.05) is 10.9 Å². The summed E-state index contributed by atoms with van der Waals surface area (Å²) >= 11 is 0. The van der Waals surface area contributed by atoms with Crippen molar-refractivity contribution in [3.05, 3.63) is 71.3 Å². The molecule has 5 heteroatoms.